The molecule has 1 rings (SSSR count). The average Bonchev–Trinajstić information content (AvgIpc) is 2.34. The highest BCUT2D eigenvalue weighted by Crippen LogP contribution is 2.13. The number of hydrogen-bond donors (Lipinski definition) is 2. The van der Waals surface area contributed by atoms with Gasteiger partial charge < -0.3 is 20.5 Å². The van der Waals surface area contributed by atoms with E-state index in [1.54, 1.807) is 36.0 Å². The fourth-order valence-corrected chi connectivity index (χ4v) is 2.30. The van der Waals surface area contributed by atoms with Gasteiger partial charge in [-0.1, -0.05) is 0 Å². The molecule has 0 fully saturated rings. The van der Waals surface area contributed by atoms with Crippen molar-refractivity contribution < 1.29 is 9.84 Å². The van der Waals surface area contributed by atoms with Gasteiger partial charge >= 0.3 is 0 Å². The van der Waals surface area contributed by atoms with E-state index in [2.05, 4.69) is 4.90 Å². The number of ether oxygens (including phenoxy) is 1. The lowest BCUT2D eigenvalue weighted by Gasteiger charge is -2.13. The second-order valence-electron chi connectivity index (χ2n) is 4.41. The van der Waals surface area contributed by atoms with Gasteiger partial charge in [0.25, 0.3) is 0 Å². The fourth-order valence-electron chi connectivity index (χ4n) is 1.27. The smallest absolute Gasteiger partial charge is 0.119 e. The van der Waals surface area contributed by atoms with Crippen molar-refractivity contribution >= 4 is 17.4 Å². The lowest BCUT2D eigenvalue weighted by molar-refractivity contribution is 0.126. The first-order valence-electron chi connectivity index (χ1n) is 5.97. The Morgan fingerprint density at radius 1 is 1.33 bits per heavy atom. The van der Waals surface area contributed by atoms with Crippen LogP contribution in [0.25, 0.3) is 0 Å². The minimum Gasteiger partial charge on any atom is -0.491 e. The molecule has 0 radical (unpaired) electrons. The zero-order valence-corrected chi connectivity index (χ0v) is 11.8. The van der Waals surface area contributed by atoms with E-state index in [1.807, 2.05) is 14.1 Å². The Bertz CT molecular complexity index is 330. The largest absolute Gasteiger partial charge is 0.491 e. The highest BCUT2D eigenvalue weighted by molar-refractivity contribution is 7.99. The first-order chi connectivity index (χ1) is 8.58. The molecule has 0 bridgehead atoms. The lowest BCUT2D eigenvalue weighted by atomic mass is 10.3. The number of aliphatic hydroxyl groups excluding tert-OH is 1. The van der Waals surface area contributed by atoms with Gasteiger partial charge in [-0.25, -0.2) is 0 Å². The zero-order valence-electron chi connectivity index (χ0n) is 11.0. The van der Waals surface area contributed by atoms with Crippen molar-refractivity contribution in [2.24, 2.45) is 0 Å². The van der Waals surface area contributed by atoms with Gasteiger partial charge in [-0.05, 0) is 38.4 Å². The molecule has 0 aromatic heterocycles. The molecule has 0 saturated carbocycles. The third-order valence-corrected chi connectivity index (χ3v) is 3.41. The molecule has 0 saturated heterocycles. The maximum Gasteiger partial charge on any atom is 0.119 e. The minimum atomic E-state index is -0.435. The first kappa shape index (κ1) is 15.1. The highest BCUT2D eigenvalue weighted by atomic mass is 32.2. The Balaban J connectivity index is 2.13. The summed E-state index contributed by atoms with van der Waals surface area (Å²) >= 11 is 1.74. The summed E-state index contributed by atoms with van der Waals surface area (Å²) in [6.07, 6.45) is -0.435. The van der Waals surface area contributed by atoms with Crippen LogP contribution in [0.5, 0.6) is 5.75 Å². The Kier molecular flexibility index (Phi) is 6.93. The van der Waals surface area contributed by atoms with E-state index < -0.39 is 6.10 Å². The summed E-state index contributed by atoms with van der Waals surface area (Å²) in [6.45, 7) is 1.34. The van der Waals surface area contributed by atoms with Crippen LogP contribution < -0.4 is 10.5 Å². The Morgan fingerprint density at radius 2 is 2.00 bits per heavy atom. The molecule has 0 spiro atoms. The Hall–Kier alpha value is -0.910. The van der Waals surface area contributed by atoms with E-state index >= 15 is 0 Å². The molecule has 0 aliphatic rings. The van der Waals surface area contributed by atoms with Crippen LogP contribution in [-0.2, 0) is 0 Å². The zero-order chi connectivity index (χ0) is 13.4. The molecule has 1 unspecified atom stereocenters. The number of anilines is 1. The van der Waals surface area contributed by atoms with Crippen LogP contribution in [0.1, 0.15) is 0 Å². The number of thioether (sulfide) groups is 1. The summed E-state index contributed by atoms with van der Waals surface area (Å²) in [7, 11) is 4.09. The molecule has 0 aliphatic heterocycles. The molecule has 0 heterocycles. The first-order valence-corrected chi connectivity index (χ1v) is 7.12. The maximum atomic E-state index is 9.75. The summed E-state index contributed by atoms with van der Waals surface area (Å²) in [4.78, 5) is 2.13. The van der Waals surface area contributed by atoms with Crippen molar-refractivity contribution in [3.8, 4) is 5.75 Å². The quantitative estimate of drug-likeness (QED) is 0.551. The molecule has 18 heavy (non-hydrogen) atoms. The summed E-state index contributed by atoms with van der Waals surface area (Å²) in [5.74, 6) is 2.45. The topological polar surface area (TPSA) is 58.7 Å². The Morgan fingerprint density at radius 3 is 2.61 bits per heavy atom. The van der Waals surface area contributed by atoms with Crippen LogP contribution in [0.2, 0.25) is 0 Å². The van der Waals surface area contributed by atoms with Gasteiger partial charge in [0.15, 0.2) is 0 Å². The van der Waals surface area contributed by atoms with Crippen LogP contribution in [0, 0.1) is 0 Å². The van der Waals surface area contributed by atoms with Crippen molar-refractivity contribution in [2.75, 3.05) is 44.5 Å². The van der Waals surface area contributed by atoms with E-state index in [4.69, 9.17) is 10.5 Å². The van der Waals surface area contributed by atoms with Crippen molar-refractivity contribution in [1.82, 2.24) is 4.90 Å². The van der Waals surface area contributed by atoms with E-state index in [-0.39, 0.29) is 0 Å². The van der Waals surface area contributed by atoms with Gasteiger partial charge in [0.2, 0.25) is 0 Å². The number of nitrogen functional groups attached to an aromatic ring is 1. The molecule has 3 N–H and O–H groups in total. The second-order valence-corrected chi connectivity index (χ2v) is 5.56. The molecule has 102 valence electrons. The van der Waals surface area contributed by atoms with Gasteiger partial charge in [0.05, 0.1) is 6.10 Å². The molecule has 0 aliphatic carbocycles. The van der Waals surface area contributed by atoms with Gasteiger partial charge in [0.1, 0.15) is 12.4 Å². The molecule has 1 aromatic carbocycles. The molecule has 5 heteroatoms. The van der Waals surface area contributed by atoms with Gasteiger partial charge in [-0.15, -0.1) is 0 Å². The standard InChI is InChI=1S/C13H22N2O2S/c1-15(2)7-8-18-10-12(16)9-17-13-5-3-11(14)4-6-13/h3-6,12,16H,7-10,14H2,1-2H3. The SMILES string of the molecule is CN(C)CCSCC(O)COc1ccc(N)cc1. The molecular weight excluding hydrogens is 248 g/mol. The number of nitrogens with zero attached hydrogens (tertiary/aromatic N) is 1. The van der Waals surface area contributed by atoms with Crippen molar-refractivity contribution in [3.05, 3.63) is 24.3 Å². The monoisotopic (exact) mass is 270 g/mol. The molecule has 4 nitrogen and oxygen atoms in total. The van der Waals surface area contributed by atoms with Crippen LogP contribution in [0.3, 0.4) is 0 Å². The summed E-state index contributed by atoms with van der Waals surface area (Å²) in [5.41, 5.74) is 6.29. The van der Waals surface area contributed by atoms with Gasteiger partial charge in [-0.3, -0.25) is 0 Å². The molecule has 1 atom stereocenters. The van der Waals surface area contributed by atoms with Crippen LogP contribution in [0.4, 0.5) is 5.69 Å². The third-order valence-electron chi connectivity index (χ3n) is 2.32. The van der Waals surface area contributed by atoms with Crippen LogP contribution >= 0.6 is 11.8 Å². The van der Waals surface area contributed by atoms with Crippen LogP contribution in [0.15, 0.2) is 24.3 Å². The molecule has 0 amide bonds. The van der Waals surface area contributed by atoms with Crippen molar-refractivity contribution in [1.29, 1.82) is 0 Å². The van der Waals surface area contributed by atoms with Crippen molar-refractivity contribution in [2.45, 2.75) is 6.10 Å². The summed E-state index contributed by atoms with van der Waals surface area (Å²) in [5, 5.41) is 9.75. The van der Waals surface area contributed by atoms with E-state index in [0.717, 1.165) is 18.0 Å². The number of benzene rings is 1. The third kappa shape index (κ3) is 6.74. The minimum absolute atomic E-state index is 0.318. The fraction of sp³-hybridized carbons (Fsp3) is 0.538. The highest BCUT2D eigenvalue weighted by Gasteiger charge is 2.05. The predicted molar refractivity (Wildman–Crippen MR) is 78.2 cm³/mol. The number of hydrogen-bond acceptors (Lipinski definition) is 5. The number of aliphatic hydroxyl groups is 1. The van der Waals surface area contributed by atoms with Gasteiger partial charge in [-0.2, -0.15) is 11.8 Å². The summed E-state index contributed by atoms with van der Waals surface area (Å²) in [6, 6.07) is 7.18. The van der Waals surface area contributed by atoms with Crippen molar-refractivity contribution in [3.63, 3.8) is 0 Å². The summed E-state index contributed by atoms with van der Waals surface area (Å²) < 4.78 is 5.47. The predicted octanol–water partition coefficient (Wildman–Crippen LogP) is 1.30. The number of nitrogens with two attached hydrogens (primary N) is 1. The van der Waals surface area contributed by atoms with E-state index in [0.29, 0.717) is 18.0 Å². The van der Waals surface area contributed by atoms with E-state index in [1.165, 1.54) is 0 Å². The average molecular weight is 270 g/mol. The number of rotatable bonds is 8. The maximum absolute atomic E-state index is 9.75. The normalized spacial score (nSPS) is 12.7. The van der Waals surface area contributed by atoms with E-state index in [9.17, 15) is 5.11 Å². The van der Waals surface area contributed by atoms with Crippen LogP contribution in [-0.4, -0.2) is 54.9 Å². The Labute approximate surface area is 113 Å². The molecular formula is C13H22N2O2S. The second kappa shape index (κ2) is 8.24. The van der Waals surface area contributed by atoms with Gasteiger partial charge in [0, 0.05) is 23.7 Å². The lowest BCUT2D eigenvalue weighted by Crippen LogP contribution is -2.21. The molecule has 1 aromatic rings.